The standard InChI is InChI=1S/C28H26O4S/c1-31-25-17-13-23(14-18-25)27(21-9-5-3-6-10-21)33(29,30)28(22-11-7-4-8-12-22)24-15-19-26(32-2)20-16-24/h3-20,27-28H,1-2H3. The lowest BCUT2D eigenvalue weighted by molar-refractivity contribution is 0.414. The maximum Gasteiger partial charge on any atom is 0.172 e. The second kappa shape index (κ2) is 9.92. The van der Waals surface area contributed by atoms with Gasteiger partial charge >= 0.3 is 0 Å². The number of rotatable bonds is 8. The van der Waals surface area contributed by atoms with Gasteiger partial charge in [-0.2, -0.15) is 0 Å². The molecule has 0 fully saturated rings. The Kier molecular flexibility index (Phi) is 6.80. The van der Waals surface area contributed by atoms with Gasteiger partial charge in [0, 0.05) is 0 Å². The van der Waals surface area contributed by atoms with Gasteiger partial charge in [0.25, 0.3) is 0 Å². The van der Waals surface area contributed by atoms with Crippen LogP contribution < -0.4 is 9.47 Å². The largest absolute Gasteiger partial charge is 0.497 e. The SMILES string of the molecule is COc1ccc(C(c2ccccc2)S(=O)(=O)C(c2ccccc2)c2ccc(OC)cc2)cc1. The number of sulfone groups is 1. The molecule has 2 unspecified atom stereocenters. The highest BCUT2D eigenvalue weighted by Gasteiger charge is 2.38. The second-order valence-corrected chi connectivity index (χ2v) is 9.84. The van der Waals surface area contributed by atoms with Crippen molar-refractivity contribution in [3.63, 3.8) is 0 Å². The molecule has 4 aromatic carbocycles. The van der Waals surface area contributed by atoms with Crippen molar-refractivity contribution in [2.24, 2.45) is 0 Å². The Morgan fingerprint density at radius 3 is 1.09 bits per heavy atom. The van der Waals surface area contributed by atoms with Gasteiger partial charge in [-0.1, -0.05) is 84.9 Å². The van der Waals surface area contributed by atoms with E-state index in [9.17, 15) is 8.42 Å². The van der Waals surface area contributed by atoms with E-state index >= 15 is 0 Å². The number of hydrogen-bond donors (Lipinski definition) is 0. The van der Waals surface area contributed by atoms with E-state index < -0.39 is 20.3 Å². The van der Waals surface area contributed by atoms with Crippen LogP contribution in [0.2, 0.25) is 0 Å². The monoisotopic (exact) mass is 458 g/mol. The Balaban J connectivity index is 1.91. The molecule has 0 amide bonds. The summed E-state index contributed by atoms with van der Waals surface area (Å²) in [5.41, 5.74) is 2.82. The predicted molar refractivity (Wildman–Crippen MR) is 131 cm³/mol. The van der Waals surface area contributed by atoms with E-state index in [1.165, 1.54) is 0 Å². The summed E-state index contributed by atoms with van der Waals surface area (Å²) in [6.07, 6.45) is 0. The van der Waals surface area contributed by atoms with Gasteiger partial charge in [-0.05, 0) is 46.5 Å². The van der Waals surface area contributed by atoms with Gasteiger partial charge in [-0.25, -0.2) is 8.42 Å². The average molecular weight is 459 g/mol. The maximum absolute atomic E-state index is 14.5. The number of methoxy groups -OCH3 is 2. The zero-order valence-corrected chi connectivity index (χ0v) is 19.4. The first-order valence-corrected chi connectivity index (χ1v) is 12.3. The minimum Gasteiger partial charge on any atom is -0.497 e. The van der Waals surface area contributed by atoms with Crippen molar-refractivity contribution in [1.29, 1.82) is 0 Å². The zero-order valence-electron chi connectivity index (χ0n) is 18.6. The van der Waals surface area contributed by atoms with E-state index in [0.29, 0.717) is 22.6 Å². The van der Waals surface area contributed by atoms with Gasteiger partial charge in [0.1, 0.15) is 22.0 Å². The van der Waals surface area contributed by atoms with E-state index in [4.69, 9.17) is 9.47 Å². The normalized spacial score (nSPS) is 13.2. The third-order valence-electron chi connectivity index (χ3n) is 5.70. The number of ether oxygens (including phenoxy) is 2. The van der Waals surface area contributed by atoms with E-state index in [-0.39, 0.29) is 0 Å². The molecule has 2 atom stereocenters. The Bertz CT molecular complexity index is 1170. The first-order chi connectivity index (χ1) is 16.0. The quantitative estimate of drug-likeness (QED) is 0.325. The van der Waals surface area contributed by atoms with Crippen LogP contribution in [-0.2, 0) is 9.84 Å². The Morgan fingerprint density at radius 2 is 0.788 bits per heavy atom. The van der Waals surface area contributed by atoms with E-state index in [1.54, 1.807) is 38.5 Å². The summed E-state index contributed by atoms with van der Waals surface area (Å²) in [6.45, 7) is 0. The third-order valence-corrected chi connectivity index (χ3v) is 8.10. The number of benzene rings is 4. The fourth-order valence-corrected chi connectivity index (χ4v) is 6.51. The topological polar surface area (TPSA) is 52.6 Å². The summed E-state index contributed by atoms with van der Waals surface area (Å²) in [5.74, 6) is 1.36. The lowest BCUT2D eigenvalue weighted by Gasteiger charge is -2.26. The zero-order chi connectivity index (χ0) is 23.3. The van der Waals surface area contributed by atoms with Crippen LogP contribution in [-0.4, -0.2) is 22.6 Å². The van der Waals surface area contributed by atoms with E-state index in [0.717, 1.165) is 11.1 Å². The molecule has 33 heavy (non-hydrogen) atoms. The molecule has 0 spiro atoms. The summed E-state index contributed by atoms with van der Waals surface area (Å²) in [6, 6.07) is 33.2. The minimum atomic E-state index is -3.80. The van der Waals surface area contributed by atoms with Gasteiger partial charge in [0.05, 0.1) is 14.2 Å². The predicted octanol–water partition coefficient (Wildman–Crippen LogP) is 6.00. The Labute approximate surface area is 195 Å². The fourth-order valence-electron chi connectivity index (χ4n) is 4.09. The van der Waals surface area contributed by atoms with Crippen LogP contribution in [0.25, 0.3) is 0 Å². The molecule has 4 nitrogen and oxygen atoms in total. The molecule has 0 radical (unpaired) electrons. The van der Waals surface area contributed by atoms with Crippen molar-refractivity contribution in [2.75, 3.05) is 14.2 Å². The van der Waals surface area contributed by atoms with E-state index in [2.05, 4.69) is 0 Å². The van der Waals surface area contributed by atoms with Crippen LogP contribution in [0.1, 0.15) is 32.8 Å². The summed E-state index contributed by atoms with van der Waals surface area (Å²) >= 11 is 0. The first-order valence-electron chi connectivity index (χ1n) is 10.6. The summed E-state index contributed by atoms with van der Waals surface area (Å²) < 4.78 is 39.5. The molecule has 0 aromatic heterocycles. The van der Waals surface area contributed by atoms with Crippen LogP contribution in [0.3, 0.4) is 0 Å². The van der Waals surface area contributed by atoms with Crippen LogP contribution in [0.5, 0.6) is 11.5 Å². The molecular formula is C28H26O4S. The summed E-state index contributed by atoms with van der Waals surface area (Å²) in [5, 5.41) is -1.70. The average Bonchev–Trinajstić information content (AvgIpc) is 2.86. The van der Waals surface area contributed by atoms with Crippen molar-refractivity contribution in [1.82, 2.24) is 0 Å². The summed E-state index contributed by atoms with van der Waals surface area (Å²) in [7, 11) is -0.611. The molecule has 0 saturated carbocycles. The van der Waals surface area contributed by atoms with Crippen molar-refractivity contribution in [3.05, 3.63) is 131 Å². The maximum atomic E-state index is 14.5. The molecular weight excluding hydrogens is 432 g/mol. The van der Waals surface area contributed by atoms with E-state index in [1.807, 2.05) is 84.9 Å². The molecule has 4 aromatic rings. The molecule has 168 valence electrons. The van der Waals surface area contributed by atoms with Crippen molar-refractivity contribution in [2.45, 2.75) is 10.5 Å². The molecule has 0 heterocycles. The molecule has 0 aliphatic carbocycles. The highest BCUT2D eigenvalue weighted by molar-refractivity contribution is 7.92. The van der Waals surface area contributed by atoms with Gasteiger partial charge in [0.15, 0.2) is 9.84 Å². The minimum absolute atomic E-state index is 0.678. The third kappa shape index (κ3) is 4.78. The lowest BCUT2D eigenvalue weighted by Crippen LogP contribution is -2.23. The highest BCUT2D eigenvalue weighted by atomic mass is 32.2. The number of hydrogen-bond acceptors (Lipinski definition) is 4. The molecule has 5 heteroatoms. The molecule has 4 rings (SSSR count). The fraction of sp³-hybridized carbons (Fsp3) is 0.143. The van der Waals surface area contributed by atoms with Gasteiger partial charge in [0.2, 0.25) is 0 Å². The molecule has 0 saturated heterocycles. The Hall–Kier alpha value is -3.57. The molecule has 0 aliphatic rings. The van der Waals surface area contributed by atoms with Crippen molar-refractivity contribution < 1.29 is 17.9 Å². The smallest absolute Gasteiger partial charge is 0.172 e. The highest BCUT2D eigenvalue weighted by Crippen LogP contribution is 2.42. The molecule has 0 N–H and O–H groups in total. The van der Waals surface area contributed by atoms with Crippen LogP contribution in [0, 0.1) is 0 Å². The van der Waals surface area contributed by atoms with Crippen molar-refractivity contribution >= 4 is 9.84 Å². The van der Waals surface area contributed by atoms with Gasteiger partial charge in [-0.3, -0.25) is 0 Å². The van der Waals surface area contributed by atoms with Crippen LogP contribution in [0.4, 0.5) is 0 Å². The lowest BCUT2D eigenvalue weighted by atomic mass is 10.0. The van der Waals surface area contributed by atoms with Crippen LogP contribution >= 0.6 is 0 Å². The van der Waals surface area contributed by atoms with Crippen molar-refractivity contribution in [3.8, 4) is 11.5 Å². The second-order valence-electron chi connectivity index (χ2n) is 7.72. The molecule has 0 aliphatic heterocycles. The Morgan fingerprint density at radius 1 is 0.485 bits per heavy atom. The van der Waals surface area contributed by atoms with Gasteiger partial charge in [-0.15, -0.1) is 0 Å². The molecule has 0 bridgehead atoms. The first kappa shape index (κ1) is 22.6. The van der Waals surface area contributed by atoms with Gasteiger partial charge < -0.3 is 9.47 Å². The summed E-state index contributed by atoms with van der Waals surface area (Å²) in [4.78, 5) is 0. The van der Waals surface area contributed by atoms with Crippen LogP contribution in [0.15, 0.2) is 109 Å².